The fourth-order valence-corrected chi connectivity index (χ4v) is 3.00. The van der Waals surface area contributed by atoms with Crippen LogP contribution in [-0.4, -0.2) is 66.1 Å². The Hall–Kier alpha value is -1.79. The number of likely N-dealkylation sites (N-methyl/N-ethyl adjacent to an activating group) is 1. The van der Waals surface area contributed by atoms with Crippen molar-refractivity contribution in [2.45, 2.75) is 25.3 Å². The molecule has 24 heavy (non-hydrogen) atoms. The Morgan fingerprint density at radius 2 is 2.00 bits per heavy atom. The van der Waals surface area contributed by atoms with Crippen LogP contribution in [0.2, 0.25) is 5.02 Å². The Kier molecular flexibility index (Phi) is 6.87. The van der Waals surface area contributed by atoms with Gasteiger partial charge in [0.15, 0.2) is 6.61 Å². The van der Waals surface area contributed by atoms with Crippen LogP contribution in [-0.2, 0) is 9.59 Å². The predicted molar refractivity (Wildman–Crippen MR) is 91.4 cm³/mol. The molecule has 1 N–H and O–H groups in total. The summed E-state index contributed by atoms with van der Waals surface area (Å²) < 4.78 is 5.51. The number of hydrogen-bond donors (Lipinski definition) is 1. The normalized spacial score (nSPS) is 18.3. The molecule has 0 spiro atoms. The van der Waals surface area contributed by atoms with E-state index in [9.17, 15) is 9.59 Å². The molecule has 1 amide bonds. The molecule has 1 aliphatic rings. The second-order valence-electron chi connectivity index (χ2n) is 6.02. The number of aliphatic carboxylic acids is 1. The number of carboxylic acid groups (broad SMARTS) is 1. The van der Waals surface area contributed by atoms with E-state index < -0.39 is 5.97 Å². The van der Waals surface area contributed by atoms with Gasteiger partial charge in [0.25, 0.3) is 5.91 Å². The van der Waals surface area contributed by atoms with Gasteiger partial charge >= 0.3 is 5.97 Å². The minimum absolute atomic E-state index is 0.00271. The van der Waals surface area contributed by atoms with Crippen LogP contribution in [0, 0.1) is 0 Å². The molecule has 1 unspecified atom stereocenters. The number of nitrogens with zero attached hydrogens (tertiary/aromatic N) is 2. The standard InChI is InChI=1S/C17H23ClN2O4/c1-19(11-17(22)23)14-3-2-9-20(10-8-14)16(21)12-24-15-6-4-13(18)5-7-15/h4-7,14H,2-3,8-12H2,1H3,(H,22,23). The Balaban J connectivity index is 1.81. The zero-order valence-corrected chi connectivity index (χ0v) is 14.5. The molecular weight excluding hydrogens is 332 g/mol. The Morgan fingerprint density at radius 3 is 2.67 bits per heavy atom. The molecule has 0 aliphatic carbocycles. The second-order valence-corrected chi connectivity index (χ2v) is 6.45. The lowest BCUT2D eigenvalue weighted by molar-refractivity contribution is -0.138. The van der Waals surface area contributed by atoms with Crippen molar-refractivity contribution < 1.29 is 19.4 Å². The molecule has 0 aromatic heterocycles. The quantitative estimate of drug-likeness (QED) is 0.847. The maximum Gasteiger partial charge on any atom is 0.317 e. The van der Waals surface area contributed by atoms with Crippen molar-refractivity contribution in [1.82, 2.24) is 9.80 Å². The monoisotopic (exact) mass is 354 g/mol. The fraction of sp³-hybridized carbons (Fsp3) is 0.529. The molecule has 1 aromatic carbocycles. The summed E-state index contributed by atoms with van der Waals surface area (Å²) in [5.74, 6) is -0.265. The number of benzene rings is 1. The molecule has 2 rings (SSSR count). The van der Waals surface area contributed by atoms with E-state index in [1.807, 2.05) is 11.9 Å². The highest BCUT2D eigenvalue weighted by Crippen LogP contribution is 2.17. The molecule has 7 heteroatoms. The Morgan fingerprint density at radius 1 is 1.29 bits per heavy atom. The average molecular weight is 355 g/mol. The predicted octanol–water partition coefficient (Wildman–Crippen LogP) is 2.12. The molecule has 6 nitrogen and oxygen atoms in total. The Labute approximate surface area is 146 Å². The van der Waals surface area contributed by atoms with Crippen LogP contribution >= 0.6 is 11.6 Å². The van der Waals surface area contributed by atoms with Crippen LogP contribution in [0.15, 0.2) is 24.3 Å². The van der Waals surface area contributed by atoms with E-state index in [2.05, 4.69) is 0 Å². The number of carboxylic acids is 1. The molecule has 0 saturated carbocycles. The molecule has 1 aliphatic heterocycles. The zero-order valence-electron chi connectivity index (χ0n) is 13.8. The molecule has 1 saturated heterocycles. The number of ether oxygens (including phenoxy) is 1. The number of likely N-dealkylation sites (tertiary alicyclic amines) is 1. The van der Waals surface area contributed by atoms with Gasteiger partial charge in [-0.1, -0.05) is 11.6 Å². The van der Waals surface area contributed by atoms with E-state index in [1.54, 1.807) is 29.2 Å². The van der Waals surface area contributed by atoms with Crippen LogP contribution in [0.1, 0.15) is 19.3 Å². The van der Waals surface area contributed by atoms with Gasteiger partial charge in [-0.25, -0.2) is 0 Å². The van der Waals surface area contributed by atoms with Crippen LogP contribution in [0.3, 0.4) is 0 Å². The van der Waals surface area contributed by atoms with E-state index >= 15 is 0 Å². The molecule has 1 heterocycles. The van der Waals surface area contributed by atoms with E-state index in [4.69, 9.17) is 21.4 Å². The first-order chi connectivity index (χ1) is 11.5. The van der Waals surface area contributed by atoms with Crippen molar-refractivity contribution in [3.8, 4) is 5.75 Å². The molecule has 1 atom stereocenters. The van der Waals surface area contributed by atoms with Gasteiger partial charge in [0.05, 0.1) is 6.54 Å². The number of carbonyl (C=O) groups excluding carboxylic acids is 1. The van der Waals surface area contributed by atoms with Crippen molar-refractivity contribution in [2.75, 3.05) is 33.3 Å². The number of amides is 1. The van der Waals surface area contributed by atoms with Crippen molar-refractivity contribution in [3.05, 3.63) is 29.3 Å². The van der Waals surface area contributed by atoms with E-state index in [0.29, 0.717) is 23.9 Å². The fourth-order valence-electron chi connectivity index (χ4n) is 2.88. The summed E-state index contributed by atoms with van der Waals surface area (Å²) >= 11 is 5.81. The van der Waals surface area contributed by atoms with Crippen LogP contribution < -0.4 is 4.74 Å². The van der Waals surface area contributed by atoms with Gasteiger partial charge < -0.3 is 14.7 Å². The lowest BCUT2D eigenvalue weighted by atomic mass is 10.1. The van der Waals surface area contributed by atoms with Gasteiger partial charge in [0.2, 0.25) is 0 Å². The smallest absolute Gasteiger partial charge is 0.317 e. The first kappa shape index (κ1) is 18.5. The maximum atomic E-state index is 12.3. The first-order valence-electron chi connectivity index (χ1n) is 8.04. The van der Waals surface area contributed by atoms with Crippen LogP contribution in [0.4, 0.5) is 0 Å². The third-order valence-corrected chi connectivity index (χ3v) is 4.49. The third kappa shape index (κ3) is 5.69. The third-order valence-electron chi connectivity index (χ3n) is 4.23. The van der Waals surface area contributed by atoms with Gasteiger partial charge in [-0.05, 0) is 50.6 Å². The van der Waals surface area contributed by atoms with Gasteiger partial charge in [-0.15, -0.1) is 0 Å². The summed E-state index contributed by atoms with van der Waals surface area (Å²) in [5, 5.41) is 9.51. The number of halogens is 1. The van der Waals surface area contributed by atoms with Crippen molar-refractivity contribution in [1.29, 1.82) is 0 Å². The second kappa shape index (κ2) is 8.89. The molecule has 0 bridgehead atoms. The topological polar surface area (TPSA) is 70.1 Å². The Bertz CT molecular complexity index is 564. The van der Waals surface area contributed by atoms with E-state index in [1.165, 1.54) is 0 Å². The lowest BCUT2D eigenvalue weighted by Crippen LogP contribution is -2.38. The molecule has 1 fully saturated rings. The maximum absolute atomic E-state index is 12.3. The summed E-state index contributed by atoms with van der Waals surface area (Å²) in [4.78, 5) is 26.8. The largest absolute Gasteiger partial charge is 0.484 e. The van der Waals surface area contributed by atoms with Gasteiger partial charge in [0.1, 0.15) is 5.75 Å². The number of hydrogen-bond acceptors (Lipinski definition) is 4. The summed E-state index contributed by atoms with van der Waals surface area (Å²) in [6.07, 6.45) is 2.53. The molecule has 132 valence electrons. The van der Waals surface area contributed by atoms with Gasteiger partial charge in [-0.2, -0.15) is 0 Å². The van der Waals surface area contributed by atoms with Crippen molar-refractivity contribution in [2.24, 2.45) is 0 Å². The molecular formula is C17H23ClN2O4. The molecule has 0 radical (unpaired) electrons. The van der Waals surface area contributed by atoms with Crippen molar-refractivity contribution in [3.63, 3.8) is 0 Å². The zero-order chi connectivity index (χ0) is 17.5. The SMILES string of the molecule is CN(CC(=O)O)C1CCCN(C(=O)COc2ccc(Cl)cc2)CC1. The highest BCUT2D eigenvalue weighted by molar-refractivity contribution is 6.30. The first-order valence-corrected chi connectivity index (χ1v) is 8.41. The van der Waals surface area contributed by atoms with Gasteiger partial charge in [-0.3, -0.25) is 14.5 Å². The highest BCUT2D eigenvalue weighted by Gasteiger charge is 2.24. The van der Waals surface area contributed by atoms with Gasteiger partial charge in [0, 0.05) is 24.2 Å². The minimum atomic E-state index is -0.828. The minimum Gasteiger partial charge on any atom is -0.484 e. The van der Waals surface area contributed by atoms with Crippen molar-refractivity contribution >= 4 is 23.5 Å². The number of rotatable bonds is 6. The average Bonchev–Trinajstić information content (AvgIpc) is 2.79. The van der Waals surface area contributed by atoms with Crippen LogP contribution in [0.5, 0.6) is 5.75 Å². The summed E-state index contributed by atoms with van der Waals surface area (Å²) in [5.41, 5.74) is 0. The summed E-state index contributed by atoms with van der Waals surface area (Å²) in [6.45, 7) is 1.33. The molecule has 1 aromatic rings. The van der Waals surface area contributed by atoms with E-state index in [0.717, 1.165) is 19.3 Å². The summed E-state index contributed by atoms with van der Waals surface area (Å²) in [6, 6.07) is 7.09. The van der Waals surface area contributed by atoms with Crippen LogP contribution in [0.25, 0.3) is 0 Å². The highest BCUT2D eigenvalue weighted by atomic mass is 35.5. The number of carbonyl (C=O) groups is 2. The lowest BCUT2D eigenvalue weighted by Gasteiger charge is -2.25. The summed E-state index contributed by atoms with van der Waals surface area (Å²) in [7, 11) is 1.82. The van der Waals surface area contributed by atoms with E-state index in [-0.39, 0.29) is 25.1 Å².